The lowest BCUT2D eigenvalue weighted by Gasteiger charge is -2.30. The van der Waals surface area contributed by atoms with E-state index in [-0.39, 0.29) is 31.5 Å². The third kappa shape index (κ3) is 5.69. The number of aryl methyl sites for hydroxylation is 1. The molecule has 2 atom stereocenters. The Morgan fingerprint density at radius 3 is 2.52 bits per heavy atom. The number of carbonyl (C=O) groups excluding carboxylic acids is 4. The molecule has 0 aromatic heterocycles. The lowest BCUT2D eigenvalue weighted by molar-refractivity contribution is -0.157. The third-order valence-corrected chi connectivity index (χ3v) is 7.71. The summed E-state index contributed by atoms with van der Waals surface area (Å²) in [5, 5.41) is 0. The van der Waals surface area contributed by atoms with Crippen LogP contribution in [0.5, 0.6) is 5.75 Å². The highest BCUT2D eigenvalue weighted by Crippen LogP contribution is 2.46. The first-order chi connectivity index (χ1) is 19.0. The topological polar surface area (TPSA) is 102 Å². The van der Waals surface area contributed by atoms with Crippen LogP contribution in [-0.2, 0) is 42.4 Å². The Morgan fingerprint density at radius 2 is 1.85 bits per heavy atom. The van der Waals surface area contributed by atoms with Gasteiger partial charge in [-0.3, -0.25) is 9.59 Å². The average molecular weight is 549 g/mol. The van der Waals surface area contributed by atoms with E-state index in [4.69, 9.17) is 14.2 Å². The Bertz CT molecular complexity index is 1310. The van der Waals surface area contributed by atoms with Gasteiger partial charge in [0, 0.05) is 24.6 Å². The Balaban J connectivity index is 1.28. The minimum absolute atomic E-state index is 0.00157. The molecule has 1 heterocycles. The number of amides is 3. The van der Waals surface area contributed by atoms with Gasteiger partial charge in [-0.2, -0.15) is 0 Å². The number of ether oxygens (including phenoxy) is 3. The number of esters is 1. The molecule has 2 aromatic carbocycles. The summed E-state index contributed by atoms with van der Waals surface area (Å²) in [5.74, 6) is -0.410. The molecule has 1 saturated heterocycles. The Morgan fingerprint density at radius 1 is 1.12 bits per heavy atom. The molecule has 0 radical (unpaired) electrons. The highest BCUT2D eigenvalue weighted by atomic mass is 16.6. The fourth-order valence-electron chi connectivity index (χ4n) is 5.53. The van der Waals surface area contributed by atoms with Gasteiger partial charge in [-0.25, -0.2) is 14.5 Å². The van der Waals surface area contributed by atoms with Crippen LogP contribution in [0.4, 0.5) is 4.79 Å². The third-order valence-electron chi connectivity index (χ3n) is 7.71. The molecule has 2 fully saturated rings. The second kappa shape index (κ2) is 10.6. The second-order valence-corrected chi connectivity index (χ2v) is 11.9. The highest BCUT2D eigenvalue weighted by Gasteiger charge is 2.58. The lowest BCUT2D eigenvalue weighted by atomic mass is 9.95. The zero-order chi connectivity index (χ0) is 28.7. The zero-order valence-corrected chi connectivity index (χ0v) is 23.5. The number of hydrogen-bond donors (Lipinski definition) is 0. The van der Waals surface area contributed by atoms with Gasteiger partial charge in [-0.15, -0.1) is 0 Å². The van der Waals surface area contributed by atoms with Crippen LogP contribution in [0.15, 0.2) is 48.5 Å². The van der Waals surface area contributed by atoms with E-state index in [2.05, 4.69) is 0 Å². The van der Waals surface area contributed by atoms with Crippen molar-refractivity contribution in [3.05, 3.63) is 65.2 Å². The molecule has 3 aliphatic rings. The van der Waals surface area contributed by atoms with Crippen molar-refractivity contribution in [2.75, 3.05) is 13.2 Å². The van der Waals surface area contributed by atoms with E-state index in [0.717, 1.165) is 28.9 Å². The molecule has 40 heavy (non-hydrogen) atoms. The van der Waals surface area contributed by atoms with Crippen molar-refractivity contribution < 1.29 is 33.4 Å². The molecule has 5 rings (SSSR count). The molecule has 2 aromatic rings. The molecule has 2 aliphatic carbocycles. The van der Waals surface area contributed by atoms with Crippen LogP contribution in [-0.4, -0.2) is 58.5 Å². The van der Waals surface area contributed by atoms with E-state index in [0.29, 0.717) is 30.2 Å². The summed E-state index contributed by atoms with van der Waals surface area (Å²) in [6.45, 7) is 7.18. The Kier molecular flexibility index (Phi) is 7.33. The second-order valence-electron chi connectivity index (χ2n) is 11.9. The molecule has 0 N–H and O–H groups in total. The number of imide groups is 1. The lowest BCUT2D eigenvalue weighted by Crippen LogP contribution is -2.47. The van der Waals surface area contributed by atoms with Gasteiger partial charge in [0.2, 0.25) is 11.5 Å². The van der Waals surface area contributed by atoms with Crippen molar-refractivity contribution in [1.29, 1.82) is 0 Å². The largest absolute Gasteiger partial charge is 0.482 e. The Labute approximate surface area is 234 Å². The van der Waals surface area contributed by atoms with Crippen molar-refractivity contribution in [3.8, 4) is 5.75 Å². The quantitative estimate of drug-likeness (QED) is 0.429. The monoisotopic (exact) mass is 548 g/mol. The van der Waals surface area contributed by atoms with Crippen LogP contribution >= 0.6 is 0 Å². The maximum absolute atomic E-state index is 13.7. The summed E-state index contributed by atoms with van der Waals surface area (Å²) < 4.78 is 16.6. The molecule has 1 aliphatic heterocycles. The molecule has 212 valence electrons. The summed E-state index contributed by atoms with van der Waals surface area (Å²) in [7, 11) is 0. The minimum atomic E-state index is -1.46. The van der Waals surface area contributed by atoms with Gasteiger partial charge in [0.15, 0.2) is 6.61 Å². The first-order valence-electron chi connectivity index (χ1n) is 13.8. The van der Waals surface area contributed by atoms with Gasteiger partial charge < -0.3 is 19.1 Å². The summed E-state index contributed by atoms with van der Waals surface area (Å²) in [4.78, 5) is 55.0. The van der Waals surface area contributed by atoms with E-state index in [1.165, 1.54) is 0 Å². The van der Waals surface area contributed by atoms with Crippen molar-refractivity contribution >= 4 is 23.9 Å². The number of fused-ring (bicyclic) bond motifs is 2. The first kappa shape index (κ1) is 27.7. The average Bonchev–Trinajstić information content (AvgIpc) is 3.66. The van der Waals surface area contributed by atoms with E-state index < -0.39 is 29.2 Å². The molecule has 1 spiro atoms. The predicted octanol–water partition coefficient (Wildman–Crippen LogP) is 4.35. The maximum Gasteiger partial charge on any atom is 0.418 e. The molecule has 0 bridgehead atoms. The van der Waals surface area contributed by atoms with Gasteiger partial charge in [0.05, 0.1) is 0 Å². The normalized spacial score (nSPS) is 20.8. The highest BCUT2D eigenvalue weighted by molar-refractivity contribution is 6.06. The van der Waals surface area contributed by atoms with E-state index >= 15 is 0 Å². The van der Waals surface area contributed by atoms with Crippen LogP contribution < -0.4 is 4.74 Å². The van der Waals surface area contributed by atoms with Gasteiger partial charge in [-0.05, 0) is 76.1 Å². The standard InChI is InChI=1S/C31H36N2O7/c1-20(22-10-11-22)32(17-21-8-6-5-7-9-21)26(34)18-33-28(36)31(40-29(33)37)15-14-23-16-24(12-13-25(23)31)38-19-27(35)39-30(2,3)4/h5-9,12-13,16,20,22H,10-11,14-15,17-19H2,1-4H3/t20-,31?/m0/s1. The van der Waals surface area contributed by atoms with E-state index in [9.17, 15) is 19.2 Å². The van der Waals surface area contributed by atoms with Crippen LogP contribution in [0.2, 0.25) is 0 Å². The number of carbonyl (C=O) groups is 4. The van der Waals surface area contributed by atoms with Crippen molar-refractivity contribution in [1.82, 2.24) is 9.80 Å². The molecule has 3 amide bonds. The SMILES string of the molecule is C[C@@H](C1CC1)N(Cc1ccccc1)C(=O)CN1C(=O)OC2(CCc3cc(OCC(=O)OC(C)(C)C)ccc32)C1=O. The summed E-state index contributed by atoms with van der Waals surface area (Å²) in [6.07, 6.45) is 2.08. The van der Waals surface area contributed by atoms with Crippen LogP contribution in [0.1, 0.15) is 63.6 Å². The molecule has 9 nitrogen and oxygen atoms in total. The smallest absolute Gasteiger partial charge is 0.418 e. The number of rotatable bonds is 9. The van der Waals surface area contributed by atoms with E-state index in [1.807, 2.05) is 37.3 Å². The van der Waals surface area contributed by atoms with Crippen molar-refractivity contribution in [2.24, 2.45) is 5.92 Å². The van der Waals surface area contributed by atoms with Gasteiger partial charge in [0.25, 0.3) is 5.91 Å². The Hall–Kier alpha value is -3.88. The van der Waals surface area contributed by atoms with Crippen LogP contribution in [0, 0.1) is 5.92 Å². The molecular weight excluding hydrogens is 512 g/mol. The summed E-state index contributed by atoms with van der Waals surface area (Å²) in [5.41, 5.74) is 0.300. The van der Waals surface area contributed by atoms with Gasteiger partial charge >= 0.3 is 12.1 Å². The maximum atomic E-state index is 13.7. The van der Waals surface area contributed by atoms with Crippen molar-refractivity contribution in [2.45, 2.75) is 77.2 Å². The van der Waals surface area contributed by atoms with E-state index in [1.54, 1.807) is 43.9 Å². The molecular formula is C31H36N2O7. The van der Waals surface area contributed by atoms with Crippen LogP contribution in [0.3, 0.4) is 0 Å². The molecule has 9 heteroatoms. The fraction of sp³-hybridized carbons (Fsp3) is 0.484. The minimum Gasteiger partial charge on any atom is -0.482 e. The molecule has 1 saturated carbocycles. The summed E-state index contributed by atoms with van der Waals surface area (Å²) in [6, 6.07) is 14.8. The van der Waals surface area contributed by atoms with Crippen LogP contribution in [0.25, 0.3) is 0 Å². The first-order valence-corrected chi connectivity index (χ1v) is 13.8. The number of nitrogens with zero attached hydrogens (tertiary/aromatic N) is 2. The number of benzene rings is 2. The summed E-state index contributed by atoms with van der Waals surface area (Å²) >= 11 is 0. The zero-order valence-electron chi connectivity index (χ0n) is 23.5. The predicted molar refractivity (Wildman–Crippen MR) is 145 cm³/mol. The number of hydrogen-bond acceptors (Lipinski definition) is 7. The fourth-order valence-corrected chi connectivity index (χ4v) is 5.53. The van der Waals surface area contributed by atoms with Crippen molar-refractivity contribution in [3.63, 3.8) is 0 Å². The van der Waals surface area contributed by atoms with Gasteiger partial charge in [0.1, 0.15) is 17.9 Å². The van der Waals surface area contributed by atoms with Gasteiger partial charge in [-0.1, -0.05) is 36.4 Å². The molecule has 1 unspecified atom stereocenters.